The molecule has 0 rings (SSSR count). The van der Waals surface area contributed by atoms with Crippen LogP contribution in [0.25, 0.3) is 0 Å². The summed E-state index contributed by atoms with van der Waals surface area (Å²) in [6, 6.07) is 0. The average Bonchev–Trinajstić information content (AvgIpc) is 2.23. The summed E-state index contributed by atoms with van der Waals surface area (Å²) in [7, 11) is 0. The quantitative estimate of drug-likeness (QED) is 0.166. The van der Waals surface area contributed by atoms with E-state index in [0.717, 1.165) is 0 Å². The van der Waals surface area contributed by atoms with Crippen LogP contribution in [0.5, 0.6) is 0 Å². The third-order valence-corrected chi connectivity index (χ3v) is 1.68. The summed E-state index contributed by atoms with van der Waals surface area (Å²) in [5.41, 5.74) is 0. The Bertz CT molecular complexity index is 258. The van der Waals surface area contributed by atoms with Crippen LogP contribution < -0.4 is 0 Å². The summed E-state index contributed by atoms with van der Waals surface area (Å²) in [6.45, 7) is -0.918. The number of carboxylic acid groups (broad SMARTS) is 1. The fraction of sp³-hybridized carbons (Fsp3) is 0.714. The van der Waals surface area contributed by atoms with Crippen molar-refractivity contribution in [3.8, 4) is 0 Å². The van der Waals surface area contributed by atoms with Gasteiger partial charge in [0.05, 0.1) is 6.61 Å². The van der Waals surface area contributed by atoms with Crippen molar-refractivity contribution in [2.45, 2.75) is 24.4 Å². The Labute approximate surface area is 125 Å². The number of aliphatic hydroxyl groups is 5. The van der Waals surface area contributed by atoms with Crippen molar-refractivity contribution in [3.05, 3.63) is 0 Å². The second kappa shape index (κ2) is 9.00. The van der Waals surface area contributed by atoms with Crippen LogP contribution in [-0.2, 0) is 9.53 Å². The molecule has 4 atom stereocenters. The van der Waals surface area contributed by atoms with Crippen LogP contribution in [-0.4, -0.2) is 112 Å². The molecule has 0 fully saturated rings. The Hall–Kier alpha value is -0.000260. The Morgan fingerprint density at radius 1 is 1.06 bits per heavy atom. The first kappa shape index (κ1) is 19.3. The van der Waals surface area contributed by atoms with Crippen molar-refractivity contribution in [1.29, 1.82) is 0 Å². The summed E-state index contributed by atoms with van der Waals surface area (Å²) in [4.78, 5) is 20.7. The molecular formula is C7H14CaO9. The molecular weight excluding hydrogens is 268 g/mol. The van der Waals surface area contributed by atoms with Crippen molar-refractivity contribution in [2.24, 2.45) is 0 Å². The molecule has 0 spiro atoms. The molecule has 0 amide bonds. The fourth-order valence-electron chi connectivity index (χ4n) is 0.808. The molecule has 0 saturated heterocycles. The topological polar surface area (TPSA) is 165 Å². The van der Waals surface area contributed by atoms with Crippen LogP contribution in [0, 0.1) is 0 Å². The van der Waals surface area contributed by atoms with E-state index >= 15 is 0 Å². The van der Waals surface area contributed by atoms with Gasteiger partial charge in [0.25, 0.3) is 0 Å². The van der Waals surface area contributed by atoms with Gasteiger partial charge < -0.3 is 35.4 Å². The molecule has 0 aliphatic carbocycles. The number of esters is 1. The SMILES string of the molecule is O=C(O)OC(=O)[C@H](O)[C@@H](O)[C@H](O)[C@H](O)CO.[CaH2]. The van der Waals surface area contributed by atoms with Gasteiger partial charge in [0, 0.05) is 0 Å². The van der Waals surface area contributed by atoms with E-state index in [0.29, 0.717) is 0 Å². The Morgan fingerprint density at radius 3 is 1.88 bits per heavy atom. The number of aliphatic hydroxyl groups excluding tert-OH is 5. The van der Waals surface area contributed by atoms with Gasteiger partial charge in [-0.25, -0.2) is 9.59 Å². The summed E-state index contributed by atoms with van der Waals surface area (Å²) in [5.74, 6) is -1.70. The molecule has 0 saturated carbocycles. The van der Waals surface area contributed by atoms with Crippen LogP contribution >= 0.6 is 0 Å². The van der Waals surface area contributed by atoms with Crippen molar-refractivity contribution in [1.82, 2.24) is 0 Å². The molecule has 9 nitrogen and oxygen atoms in total. The number of carbonyl (C=O) groups excluding carboxylic acids is 1. The molecule has 0 aliphatic heterocycles. The molecule has 0 radical (unpaired) electrons. The number of rotatable bonds is 5. The normalized spacial score (nSPS) is 17.2. The number of hydrogen-bond donors (Lipinski definition) is 6. The Morgan fingerprint density at radius 2 is 1.53 bits per heavy atom. The van der Waals surface area contributed by atoms with Gasteiger partial charge in [-0.2, -0.15) is 0 Å². The van der Waals surface area contributed by atoms with E-state index in [9.17, 15) is 9.59 Å². The van der Waals surface area contributed by atoms with Gasteiger partial charge in [-0.1, -0.05) is 0 Å². The number of carbonyl (C=O) groups is 2. The Kier molecular flexibility index (Phi) is 10.2. The molecule has 0 aromatic carbocycles. The van der Waals surface area contributed by atoms with Gasteiger partial charge in [0.15, 0.2) is 6.10 Å². The van der Waals surface area contributed by atoms with Crippen molar-refractivity contribution >= 4 is 49.9 Å². The average molecular weight is 282 g/mol. The van der Waals surface area contributed by atoms with Gasteiger partial charge in [0.1, 0.15) is 18.3 Å². The van der Waals surface area contributed by atoms with Crippen LogP contribution in [0.1, 0.15) is 0 Å². The first-order valence-corrected chi connectivity index (χ1v) is 4.09. The van der Waals surface area contributed by atoms with E-state index in [2.05, 4.69) is 4.74 Å². The second-order valence-corrected chi connectivity index (χ2v) is 2.86. The van der Waals surface area contributed by atoms with Gasteiger partial charge >= 0.3 is 49.9 Å². The summed E-state index contributed by atoms with van der Waals surface area (Å²) < 4.78 is 3.51. The van der Waals surface area contributed by atoms with E-state index in [4.69, 9.17) is 30.6 Å². The van der Waals surface area contributed by atoms with Crippen molar-refractivity contribution in [3.63, 3.8) is 0 Å². The van der Waals surface area contributed by atoms with E-state index < -0.39 is 43.1 Å². The van der Waals surface area contributed by atoms with E-state index in [-0.39, 0.29) is 37.7 Å². The molecule has 0 heterocycles. The monoisotopic (exact) mass is 282 g/mol. The summed E-state index contributed by atoms with van der Waals surface area (Å²) in [6.07, 6.45) is -10.3. The Balaban J connectivity index is 0. The van der Waals surface area contributed by atoms with Gasteiger partial charge in [-0.3, -0.25) is 0 Å². The second-order valence-electron chi connectivity index (χ2n) is 2.86. The first-order chi connectivity index (χ1) is 7.31. The zero-order valence-electron chi connectivity index (χ0n) is 7.92. The maximum atomic E-state index is 10.7. The minimum atomic E-state index is -2.35. The van der Waals surface area contributed by atoms with Crippen molar-refractivity contribution in [2.75, 3.05) is 6.61 Å². The van der Waals surface area contributed by atoms with Gasteiger partial charge in [-0.05, 0) is 0 Å². The molecule has 98 valence electrons. The molecule has 6 N–H and O–H groups in total. The molecule has 0 aromatic rings. The zero-order valence-corrected chi connectivity index (χ0v) is 7.92. The third kappa shape index (κ3) is 6.48. The van der Waals surface area contributed by atoms with Crippen LogP contribution in [0.4, 0.5) is 4.79 Å². The number of hydrogen-bond acceptors (Lipinski definition) is 8. The van der Waals surface area contributed by atoms with Gasteiger partial charge in [-0.15, -0.1) is 0 Å². The molecule has 0 unspecified atom stereocenters. The summed E-state index contributed by atoms with van der Waals surface area (Å²) >= 11 is 0. The van der Waals surface area contributed by atoms with Crippen LogP contribution in [0.3, 0.4) is 0 Å². The molecule has 0 aliphatic rings. The summed E-state index contributed by atoms with van der Waals surface area (Å²) in [5, 5.41) is 52.5. The van der Waals surface area contributed by atoms with Crippen LogP contribution in [0.15, 0.2) is 0 Å². The van der Waals surface area contributed by atoms with Gasteiger partial charge in [0.2, 0.25) is 0 Å². The molecule has 17 heavy (non-hydrogen) atoms. The van der Waals surface area contributed by atoms with E-state index in [1.807, 2.05) is 0 Å². The first-order valence-electron chi connectivity index (χ1n) is 4.09. The van der Waals surface area contributed by atoms with Crippen molar-refractivity contribution < 1.29 is 45.0 Å². The molecule has 10 heteroatoms. The minimum absolute atomic E-state index is 0. The number of ether oxygens (including phenoxy) is 1. The zero-order chi connectivity index (χ0) is 12.9. The van der Waals surface area contributed by atoms with E-state index in [1.54, 1.807) is 0 Å². The maximum absolute atomic E-state index is 10.7. The van der Waals surface area contributed by atoms with Crippen LogP contribution in [0.2, 0.25) is 0 Å². The predicted molar refractivity (Wildman–Crippen MR) is 53.8 cm³/mol. The predicted octanol–water partition coefficient (Wildman–Crippen LogP) is -4.27. The fourth-order valence-corrected chi connectivity index (χ4v) is 0.808. The molecule has 0 aromatic heterocycles. The standard InChI is InChI=1S/C7H12O9.Ca.2H/c8-1-2(9)3(10)4(11)5(12)6(13)16-7(14)15;;;/h2-5,8-12H,1H2,(H,14,15);;;/t2-,3-,4+,5-;;;/m1.../s1. The van der Waals surface area contributed by atoms with E-state index in [1.165, 1.54) is 0 Å². The third-order valence-electron chi connectivity index (χ3n) is 1.68. The molecule has 0 bridgehead atoms.